The third-order valence-electron chi connectivity index (χ3n) is 8.02. The summed E-state index contributed by atoms with van der Waals surface area (Å²) in [5, 5.41) is 10.1. The minimum Gasteiger partial charge on any atom is -0.515 e. The lowest BCUT2D eigenvalue weighted by atomic mass is 9.52. The topological polar surface area (TPSA) is 89.4 Å². The smallest absolute Gasteiger partial charge is 0.302 e. The van der Waals surface area contributed by atoms with E-state index in [2.05, 4.69) is 24.3 Å². The molecule has 0 bridgehead atoms. The van der Waals surface area contributed by atoms with Crippen molar-refractivity contribution >= 4 is 11.8 Å². The number of benzene rings is 2. The van der Waals surface area contributed by atoms with Crippen molar-refractivity contribution in [1.29, 1.82) is 0 Å². The number of hydrogen-bond acceptors (Lipinski definition) is 6. The van der Waals surface area contributed by atoms with E-state index in [0.29, 0.717) is 30.8 Å². The molecule has 1 fully saturated rings. The molecule has 0 saturated heterocycles. The van der Waals surface area contributed by atoms with Crippen LogP contribution in [0.3, 0.4) is 0 Å². The highest BCUT2D eigenvalue weighted by molar-refractivity contribution is 5.98. The van der Waals surface area contributed by atoms with Crippen molar-refractivity contribution in [3.63, 3.8) is 0 Å². The van der Waals surface area contributed by atoms with Crippen LogP contribution in [0.25, 0.3) is 11.3 Å². The lowest BCUT2D eigenvalue weighted by Crippen LogP contribution is -2.51. The van der Waals surface area contributed by atoms with E-state index in [0.717, 1.165) is 52.7 Å². The summed E-state index contributed by atoms with van der Waals surface area (Å²) in [7, 11) is 0. The van der Waals surface area contributed by atoms with E-state index in [4.69, 9.17) is 14.7 Å². The Kier molecular flexibility index (Phi) is 6.67. The molecule has 0 spiro atoms. The monoisotopic (exact) mass is 496 g/mol. The number of rotatable bonds is 5. The zero-order chi connectivity index (χ0) is 26.2. The van der Waals surface area contributed by atoms with Gasteiger partial charge >= 0.3 is 5.97 Å². The first kappa shape index (κ1) is 24.9. The van der Waals surface area contributed by atoms with Crippen LogP contribution in [0.2, 0.25) is 0 Å². The number of ketones is 1. The number of aliphatic hydroxyl groups is 1. The average molecular weight is 497 g/mol. The number of esters is 1. The first-order valence-electron chi connectivity index (χ1n) is 12.9. The van der Waals surface area contributed by atoms with E-state index >= 15 is 0 Å². The molecule has 0 radical (unpaired) electrons. The molecule has 6 heteroatoms. The van der Waals surface area contributed by atoms with Crippen molar-refractivity contribution < 1.29 is 19.4 Å². The van der Waals surface area contributed by atoms with Gasteiger partial charge in [0.05, 0.1) is 24.3 Å². The van der Waals surface area contributed by atoms with Crippen molar-refractivity contribution in [2.45, 2.75) is 51.9 Å². The van der Waals surface area contributed by atoms with Gasteiger partial charge in [0.15, 0.2) is 5.78 Å². The molecule has 1 saturated carbocycles. The Bertz CT molecular complexity index is 1380. The number of aryl methyl sites for hydroxylation is 1. The molecule has 5 rings (SSSR count). The maximum Gasteiger partial charge on any atom is 0.302 e. The van der Waals surface area contributed by atoms with Gasteiger partial charge in [0.2, 0.25) is 0 Å². The van der Waals surface area contributed by atoms with Crippen LogP contribution in [0.15, 0.2) is 66.4 Å². The van der Waals surface area contributed by atoms with Crippen LogP contribution in [0, 0.1) is 18.8 Å². The van der Waals surface area contributed by atoms with E-state index in [1.165, 1.54) is 6.92 Å². The van der Waals surface area contributed by atoms with Crippen molar-refractivity contribution in [1.82, 2.24) is 9.97 Å². The second-order valence-electron chi connectivity index (χ2n) is 10.2. The third-order valence-corrected chi connectivity index (χ3v) is 8.02. The predicted molar refractivity (Wildman–Crippen MR) is 141 cm³/mol. The van der Waals surface area contributed by atoms with Crippen molar-refractivity contribution in [2.24, 2.45) is 11.8 Å². The number of Topliss-reactive ketones (excluding diaryl/α,β-unsaturated/α-hetero) is 1. The van der Waals surface area contributed by atoms with Gasteiger partial charge in [0, 0.05) is 41.4 Å². The van der Waals surface area contributed by atoms with Crippen LogP contribution in [0.4, 0.5) is 0 Å². The number of hydrogen-bond donors (Lipinski definition) is 1. The number of allylic oxidation sites excluding steroid dienone is 1. The molecule has 37 heavy (non-hydrogen) atoms. The maximum absolute atomic E-state index is 13.1. The Morgan fingerprint density at radius 1 is 1.16 bits per heavy atom. The van der Waals surface area contributed by atoms with E-state index in [1.807, 2.05) is 44.2 Å². The molecule has 0 amide bonds. The van der Waals surface area contributed by atoms with Gasteiger partial charge in [-0.05, 0) is 49.3 Å². The Morgan fingerprint density at radius 2 is 1.95 bits per heavy atom. The molecule has 2 aliphatic carbocycles. The zero-order valence-electron chi connectivity index (χ0n) is 21.5. The molecule has 0 aliphatic heterocycles. The van der Waals surface area contributed by atoms with Gasteiger partial charge in [-0.3, -0.25) is 9.59 Å². The number of carbonyl (C=O) groups excluding carboxylic acids is 2. The number of aromatic nitrogens is 2. The van der Waals surface area contributed by atoms with Gasteiger partial charge in [-0.2, -0.15) is 0 Å². The quantitative estimate of drug-likeness (QED) is 0.287. The first-order chi connectivity index (χ1) is 17.8. The molecule has 1 heterocycles. The third kappa shape index (κ3) is 4.35. The summed E-state index contributed by atoms with van der Waals surface area (Å²) in [5.74, 6) is 0.247. The number of nitrogens with zero attached hydrogens (tertiary/aromatic N) is 2. The Balaban J connectivity index is 1.68. The summed E-state index contributed by atoms with van der Waals surface area (Å²) in [4.78, 5) is 34.3. The Labute approximate surface area is 217 Å². The van der Waals surface area contributed by atoms with E-state index in [-0.39, 0.29) is 23.6 Å². The summed E-state index contributed by atoms with van der Waals surface area (Å²) in [6.07, 6.45) is 3.64. The number of carbonyl (C=O) groups is 2. The minimum absolute atomic E-state index is 0.0222. The van der Waals surface area contributed by atoms with Crippen molar-refractivity contribution in [2.75, 3.05) is 6.61 Å². The fourth-order valence-electron chi connectivity index (χ4n) is 6.40. The maximum atomic E-state index is 13.1. The average Bonchev–Trinajstić information content (AvgIpc) is 2.90. The normalized spacial score (nSPS) is 23.9. The van der Waals surface area contributed by atoms with Crippen molar-refractivity contribution in [3.8, 4) is 11.3 Å². The molecule has 1 N–H and O–H groups in total. The van der Waals surface area contributed by atoms with Crippen LogP contribution in [-0.4, -0.2) is 33.4 Å². The standard InChI is InChI=1S/C31H32N2O4/c1-19-27-13-12-26-28(23-9-7-8-22(16-23)14-15-37-21(3)35)32-20(2)33-30(26)31(27,17-24(18-34)29(19)36)25-10-5-4-6-11-25/h4-11,16,18-19,27,34H,12-15,17H2,1-3H3/b24-18-/t19-,27-,31+/m0/s1. The van der Waals surface area contributed by atoms with Crippen molar-refractivity contribution in [3.05, 3.63) is 94.6 Å². The summed E-state index contributed by atoms with van der Waals surface area (Å²) in [5.41, 5.74) is 6.06. The van der Waals surface area contributed by atoms with Crippen LogP contribution in [0.1, 0.15) is 54.9 Å². The van der Waals surface area contributed by atoms with Crippen LogP contribution >= 0.6 is 0 Å². The fourth-order valence-corrected chi connectivity index (χ4v) is 6.40. The summed E-state index contributed by atoms with van der Waals surface area (Å²) in [6.45, 7) is 5.65. The molecule has 2 aromatic carbocycles. The molecular formula is C31H32N2O4. The second-order valence-corrected chi connectivity index (χ2v) is 10.2. The second kappa shape index (κ2) is 9.92. The molecule has 190 valence electrons. The van der Waals surface area contributed by atoms with Crippen LogP contribution in [-0.2, 0) is 32.6 Å². The van der Waals surface area contributed by atoms with Gasteiger partial charge in [0.25, 0.3) is 0 Å². The van der Waals surface area contributed by atoms with Gasteiger partial charge < -0.3 is 9.84 Å². The van der Waals surface area contributed by atoms with Gasteiger partial charge in [-0.25, -0.2) is 9.97 Å². The Morgan fingerprint density at radius 3 is 2.68 bits per heavy atom. The number of aliphatic hydroxyl groups excluding tert-OH is 1. The largest absolute Gasteiger partial charge is 0.515 e. The van der Waals surface area contributed by atoms with Crippen LogP contribution < -0.4 is 0 Å². The highest BCUT2D eigenvalue weighted by Gasteiger charge is 2.55. The molecule has 0 unspecified atom stereocenters. The lowest BCUT2D eigenvalue weighted by Gasteiger charge is -2.51. The summed E-state index contributed by atoms with van der Waals surface area (Å²) >= 11 is 0. The predicted octanol–water partition coefficient (Wildman–Crippen LogP) is 5.46. The van der Waals surface area contributed by atoms with Gasteiger partial charge in [-0.1, -0.05) is 55.5 Å². The molecule has 3 atom stereocenters. The molecule has 2 aliphatic rings. The Hall–Kier alpha value is -3.80. The lowest BCUT2D eigenvalue weighted by molar-refractivity contribution is -0.140. The zero-order valence-corrected chi connectivity index (χ0v) is 21.5. The SMILES string of the molecule is CC(=O)OCCc1cccc(-c2nc(C)nc3c2CC[C@H]2[C@H](C)C(=O)/C(=C\O)C[C@]32c2ccccc2)c1. The summed E-state index contributed by atoms with van der Waals surface area (Å²) < 4.78 is 5.14. The first-order valence-corrected chi connectivity index (χ1v) is 12.9. The van der Waals surface area contributed by atoms with Gasteiger partial charge in [-0.15, -0.1) is 0 Å². The number of fused-ring (bicyclic) bond motifs is 3. The van der Waals surface area contributed by atoms with E-state index in [9.17, 15) is 14.7 Å². The fraction of sp³-hybridized carbons (Fsp3) is 0.355. The minimum atomic E-state index is -0.536. The molecular weight excluding hydrogens is 464 g/mol. The highest BCUT2D eigenvalue weighted by Crippen LogP contribution is 2.56. The molecule has 3 aromatic rings. The number of ether oxygens (including phenoxy) is 1. The summed E-state index contributed by atoms with van der Waals surface area (Å²) in [6, 6.07) is 18.5. The van der Waals surface area contributed by atoms with E-state index in [1.54, 1.807) is 0 Å². The van der Waals surface area contributed by atoms with Crippen LogP contribution in [0.5, 0.6) is 0 Å². The van der Waals surface area contributed by atoms with E-state index < -0.39 is 5.41 Å². The molecule has 1 aromatic heterocycles. The molecule has 6 nitrogen and oxygen atoms in total. The highest BCUT2D eigenvalue weighted by atomic mass is 16.5. The van der Waals surface area contributed by atoms with Gasteiger partial charge in [0.1, 0.15) is 5.82 Å².